The van der Waals surface area contributed by atoms with Gasteiger partial charge < -0.3 is 4.57 Å². The fourth-order valence-electron chi connectivity index (χ4n) is 3.04. The number of nitrogens with zero attached hydrogens (tertiary/aromatic N) is 4. The van der Waals surface area contributed by atoms with Crippen molar-refractivity contribution in [1.82, 2.24) is 19.7 Å². The van der Waals surface area contributed by atoms with Crippen molar-refractivity contribution in [3.63, 3.8) is 0 Å². The number of benzene rings is 2. The number of aromatic nitrogens is 4. The van der Waals surface area contributed by atoms with Crippen LogP contribution in [-0.2, 0) is 12.3 Å². The van der Waals surface area contributed by atoms with Crippen molar-refractivity contribution < 1.29 is 0 Å². The molecule has 2 aromatic heterocycles. The smallest absolute Gasteiger partial charge is 0.191 e. The highest BCUT2D eigenvalue weighted by Crippen LogP contribution is 2.30. The molecule has 2 aromatic carbocycles. The summed E-state index contributed by atoms with van der Waals surface area (Å²) in [7, 11) is 0. The van der Waals surface area contributed by atoms with Crippen molar-refractivity contribution in [3.05, 3.63) is 70.7 Å². The molecule has 0 fully saturated rings. The number of hydrogen-bond donors (Lipinski definition) is 0. The van der Waals surface area contributed by atoms with E-state index in [4.69, 9.17) is 4.98 Å². The van der Waals surface area contributed by atoms with Gasteiger partial charge in [-0.25, -0.2) is 4.98 Å². The highest BCUT2D eigenvalue weighted by molar-refractivity contribution is 7.98. The predicted molar refractivity (Wildman–Crippen MR) is 118 cm³/mol. The summed E-state index contributed by atoms with van der Waals surface area (Å²) in [4.78, 5) is 4.80. The van der Waals surface area contributed by atoms with Crippen LogP contribution >= 0.6 is 23.1 Å². The summed E-state index contributed by atoms with van der Waals surface area (Å²) in [6.45, 7) is 7.18. The molecule has 142 valence electrons. The molecule has 0 saturated heterocycles. The Kier molecular flexibility index (Phi) is 5.59. The minimum Gasteiger partial charge on any atom is -0.302 e. The topological polar surface area (TPSA) is 43.6 Å². The van der Waals surface area contributed by atoms with E-state index in [9.17, 15) is 0 Å². The molecule has 4 aromatic rings. The molecule has 28 heavy (non-hydrogen) atoms. The monoisotopic (exact) mass is 406 g/mol. The molecule has 0 spiro atoms. The van der Waals surface area contributed by atoms with Gasteiger partial charge in [-0.2, -0.15) is 0 Å². The van der Waals surface area contributed by atoms with E-state index in [1.807, 2.05) is 6.07 Å². The molecule has 4 rings (SSSR count). The highest BCUT2D eigenvalue weighted by atomic mass is 32.2. The SMILES string of the molecule is CCn1c(SCc2csc(-c3ccc(C)cc3)n2)nnc1-c1ccccc1C. The molecular formula is C22H22N4S2. The summed E-state index contributed by atoms with van der Waals surface area (Å²) in [5, 5.41) is 13.0. The van der Waals surface area contributed by atoms with Crippen molar-refractivity contribution in [1.29, 1.82) is 0 Å². The van der Waals surface area contributed by atoms with Gasteiger partial charge in [0, 0.05) is 28.8 Å². The molecule has 0 atom stereocenters. The Bertz CT molecular complexity index is 1080. The van der Waals surface area contributed by atoms with Crippen molar-refractivity contribution in [2.24, 2.45) is 0 Å². The first-order chi connectivity index (χ1) is 13.7. The molecule has 2 heterocycles. The zero-order valence-corrected chi connectivity index (χ0v) is 17.8. The van der Waals surface area contributed by atoms with Crippen molar-refractivity contribution in [3.8, 4) is 22.0 Å². The van der Waals surface area contributed by atoms with Gasteiger partial charge in [0.05, 0.1) is 5.69 Å². The summed E-state index contributed by atoms with van der Waals surface area (Å²) in [5.74, 6) is 1.72. The Balaban J connectivity index is 1.52. The second-order valence-corrected chi connectivity index (χ2v) is 8.46. The minimum absolute atomic E-state index is 0.786. The van der Waals surface area contributed by atoms with Gasteiger partial charge in [-0.15, -0.1) is 21.5 Å². The molecule has 4 nitrogen and oxygen atoms in total. The molecule has 0 aliphatic carbocycles. The summed E-state index contributed by atoms with van der Waals surface area (Å²) < 4.78 is 2.18. The van der Waals surface area contributed by atoms with Crippen LogP contribution in [0.5, 0.6) is 0 Å². The van der Waals surface area contributed by atoms with Crippen LogP contribution in [0.3, 0.4) is 0 Å². The van der Waals surface area contributed by atoms with Gasteiger partial charge in [0.1, 0.15) is 5.01 Å². The fourth-order valence-corrected chi connectivity index (χ4v) is 4.87. The first kappa shape index (κ1) is 18.9. The molecule has 0 saturated carbocycles. The maximum atomic E-state index is 4.80. The van der Waals surface area contributed by atoms with Crippen LogP contribution in [0.15, 0.2) is 59.1 Å². The lowest BCUT2D eigenvalue weighted by Gasteiger charge is -2.08. The molecule has 0 N–H and O–H groups in total. The van der Waals surface area contributed by atoms with E-state index in [-0.39, 0.29) is 0 Å². The third-order valence-corrected chi connectivity index (χ3v) is 6.56. The summed E-state index contributed by atoms with van der Waals surface area (Å²) >= 11 is 3.38. The Morgan fingerprint density at radius 1 is 1.00 bits per heavy atom. The van der Waals surface area contributed by atoms with E-state index in [2.05, 4.69) is 83.4 Å². The maximum Gasteiger partial charge on any atom is 0.191 e. The van der Waals surface area contributed by atoms with Crippen LogP contribution in [-0.4, -0.2) is 19.7 Å². The number of thioether (sulfide) groups is 1. The van der Waals surface area contributed by atoms with Gasteiger partial charge >= 0.3 is 0 Å². The molecule has 0 bridgehead atoms. The van der Waals surface area contributed by atoms with Gasteiger partial charge in [-0.3, -0.25) is 0 Å². The molecule has 0 unspecified atom stereocenters. The van der Waals surface area contributed by atoms with E-state index >= 15 is 0 Å². The molecule has 0 amide bonds. The number of aryl methyl sites for hydroxylation is 2. The van der Waals surface area contributed by atoms with Gasteiger partial charge in [-0.05, 0) is 26.3 Å². The van der Waals surface area contributed by atoms with E-state index in [1.54, 1.807) is 23.1 Å². The average Bonchev–Trinajstić information content (AvgIpc) is 3.34. The normalized spacial score (nSPS) is 11.1. The zero-order valence-electron chi connectivity index (χ0n) is 16.2. The Morgan fingerprint density at radius 3 is 2.54 bits per heavy atom. The van der Waals surface area contributed by atoms with Gasteiger partial charge in [0.15, 0.2) is 11.0 Å². The molecular weight excluding hydrogens is 384 g/mol. The fraction of sp³-hybridized carbons (Fsp3) is 0.227. The molecule has 0 aliphatic rings. The molecule has 6 heteroatoms. The Labute approximate surface area is 173 Å². The van der Waals surface area contributed by atoms with Gasteiger partial charge in [0.2, 0.25) is 0 Å². The second kappa shape index (κ2) is 8.29. The van der Waals surface area contributed by atoms with Crippen LogP contribution in [0, 0.1) is 13.8 Å². The van der Waals surface area contributed by atoms with E-state index in [1.165, 1.54) is 16.7 Å². The number of rotatable bonds is 6. The Hall–Kier alpha value is -2.44. The van der Waals surface area contributed by atoms with Crippen molar-refractivity contribution >= 4 is 23.1 Å². The third-order valence-electron chi connectivity index (χ3n) is 4.62. The van der Waals surface area contributed by atoms with E-state index < -0.39 is 0 Å². The second-order valence-electron chi connectivity index (χ2n) is 6.66. The van der Waals surface area contributed by atoms with Crippen LogP contribution in [0.25, 0.3) is 22.0 Å². The standard InChI is InChI=1S/C22H22N4S2/c1-4-26-20(19-8-6-5-7-16(19)3)24-25-22(26)28-14-18-13-27-21(23-18)17-11-9-15(2)10-12-17/h5-13H,4,14H2,1-3H3. The van der Waals surface area contributed by atoms with E-state index in [0.29, 0.717) is 0 Å². The van der Waals surface area contributed by atoms with Crippen molar-refractivity contribution in [2.45, 2.75) is 38.2 Å². The molecule has 0 radical (unpaired) electrons. The summed E-state index contributed by atoms with van der Waals surface area (Å²) in [5.41, 5.74) is 5.86. The first-order valence-corrected chi connectivity index (χ1v) is 11.2. The average molecular weight is 407 g/mol. The minimum atomic E-state index is 0.786. The lowest BCUT2D eigenvalue weighted by Crippen LogP contribution is -2.00. The zero-order chi connectivity index (χ0) is 19.5. The van der Waals surface area contributed by atoms with Gasteiger partial charge in [0.25, 0.3) is 0 Å². The van der Waals surface area contributed by atoms with Gasteiger partial charge in [-0.1, -0.05) is 65.9 Å². The van der Waals surface area contributed by atoms with Crippen molar-refractivity contribution in [2.75, 3.05) is 0 Å². The van der Waals surface area contributed by atoms with Crippen LogP contribution in [0.4, 0.5) is 0 Å². The summed E-state index contributed by atoms with van der Waals surface area (Å²) in [6.07, 6.45) is 0. The van der Waals surface area contributed by atoms with Crippen LogP contribution in [0.1, 0.15) is 23.7 Å². The number of thiazole rings is 1. The lowest BCUT2D eigenvalue weighted by atomic mass is 10.1. The summed E-state index contributed by atoms with van der Waals surface area (Å²) in [6, 6.07) is 16.8. The first-order valence-electron chi connectivity index (χ1n) is 9.29. The highest BCUT2D eigenvalue weighted by Gasteiger charge is 2.15. The van der Waals surface area contributed by atoms with Crippen LogP contribution < -0.4 is 0 Å². The largest absolute Gasteiger partial charge is 0.302 e. The molecule has 0 aliphatic heterocycles. The third kappa shape index (κ3) is 3.88. The Morgan fingerprint density at radius 2 is 1.79 bits per heavy atom. The quantitative estimate of drug-likeness (QED) is 0.369. The predicted octanol–water partition coefficient (Wildman–Crippen LogP) is 6.00. The lowest BCUT2D eigenvalue weighted by molar-refractivity contribution is 0.687. The van der Waals surface area contributed by atoms with E-state index in [0.717, 1.165) is 39.5 Å². The number of hydrogen-bond acceptors (Lipinski definition) is 5. The van der Waals surface area contributed by atoms with Crippen LogP contribution in [0.2, 0.25) is 0 Å². The maximum absolute atomic E-state index is 4.80.